The lowest BCUT2D eigenvalue weighted by Crippen LogP contribution is -2.14. The van der Waals surface area contributed by atoms with E-state index in [-0.39, 0.29) is 11.8 Å². The molecule has 2 N–H and O–H groups in total. The Morgan fingerprint density at radius 2 is 1.50 bits per heavy atom. The Bertz CT molecular complexity index is 904. The molecular formula is C19H13BrClN3O2. The molecule has 0 radical (unpaired) electrons. The van der Waals surface area contributed by atoms with Crippen molar-refractivity contribution in [2.45, 2.75) is 0 Å². The minimum atomic E-state index is -0.294. The van der Waals surface area contributed by atoms with Crippen molar-refractivity contribution in [3.63, 3.8) is 0 Å². The summed E-state index contributed by atoms with van der Waals surface area (Å²) in [4.78, 5) is 28.5. The second-order valence-corrected chi connectivity index (χ2v) is 6.74. The Kier molecular flexibility index (Phi) is 5.65. The molecule has 5 nitrogen and oxygen atoms in total. The normalized spacial score (nSPS) is 10.2. The van der Waals surface area contributed by atoms with Crippen LogP contribution in [0.5, 0.6) is 0 Å². The van der Waals surface area contributed by atoms with Crippen molar-refractivity contribution in [3.05, 3.63) is 87.6 Å². The monoisotopic (exact) mass is 429 g/mol. The molecule has 3 aromatic rings. The Balaban J connectivity index is 1.72. The van der Waals surface area contributed by atoms with Crippen molar-refractivity contribution in [1.29, 1.82) is 0 Å². The summed E-state index contributed by atoms with van der Waals surface area (Å²) in [6.07, 6.45) is 3.08. The molecular weight excluding hydrogens is 418 g/mol. The summed E-state index contributed by atoms with van der Waals surface area (Å²) in [5.41, 5.74) is 1.99. The van der Waals surface area contributed by atoms with Crippen LogP contribution in [-0.2, 0) is 0 Å². The minimum absolute atomic E-state index is 0.285. The average Bonchev–Trinajstić information content (AvgIpc) is 2.62. The Morgan fingerprint density at radius 1 is 0.846 bits per heavy atom. The van der Waals surface area contributed by atoms with Crippen molar-refractivity contribution >= 4 is 50.7 Å². The summed E-state index contributed by atoms with van der Waals surface area (Å²) < 4.78 is 0.715. The number of nitrogens with zero attached hydrogens (tertiary/aromatic N) is 1. The van der Waals surface area contributed by atoms with E-state index < -0.39 is 0 Å². The summed E-state index contributed by atoms with van der Waals surface area (Å²) in [6.45, 7) is 0. The van der Waals surface area contributed by atoms with Gasteiger partial charge in [-0.2, -0.15) is 0 Å². The molecule has 1 heterocycles. The van der Waals surface area contributed by atoms with E-state index in [1.807, 2.05) is 0 Å². The molecule has 7 heteroatoms. The highest BCUT2D eigenvalue weighted by Gasteiger charge is 2.09. The van der Waals surface area contributed by atoms with Gasteiger partial charge in [0.1, 0.15) is 0 Å². The smallest absolute Gasteiger partial charge is 0.257 e. The van der Waals surface area contributed by atoms with Gasteiger partial charge in [0.15, 0.2) is 0 Å². The van der Waals surface area contributed by atoms with Gasteiger partial charge in [-0.05, 0) is 58.4 Å². The summed E-state index contributed by atoms with van der Waals surface area (Å²) in [5, 5.41) is 6.04. The molecule has 0 fully saturated rings. The maximum absolute atomic E-state index is 12.3. The fourth-order valence-corrected chi connectivity index (χ4v) is 2.80. The van der Waals surface area contributed by atoms with Gasteiger partial charge in [0.05, 0.1) is 5.56 Å². The van der Waals surface area contributed by atoms with Crippen LogP contribution in [0.15, 0.2) is 71.5 Å². The summed E-state index contributed by atoms with van der Waals surface area (Å²) >= 11 is 9.19. The lowest BCUT2D eigenvalue weighted by atomic mass is 10.2. The Labute approximate surface area is 163 Å². The highest BCUT2D eigenvalue weighted by molar-refractivity contribution is 9.10. The second kappa shape index (κ2) is 8.12. The summed E-state index contributed by atoms with van der Waals surface area (Å²) in [7, 11) is 0. The molecule has 0 atom stereocenters. The molecule has 130 valence electrons. The first-order valence-electron chi connectivity index (χ1n) is 7.60. The third-order valence-electron chi connectivity index (χ3n) is 3.43. The predicted molar refractivity (Wildman–Crippen MR) is 106 cm³/mol. The molecule has 2 aromatic carbocycles. The van der Waals surface area contributed by atoms with Crippen molar-refractivity contribution in [2.75, 3.05) is 10.6 Å². The maximum Gasteiger partial charge on any atom is 0.257 e. The van der Waals surface area contributed by atoms with Gasteiger partial charge in [0.2, 0.25) is 0 Å². The van der Waals surface area contributed by atoms with Crippen LogP contribution >= 0.6 is 27.5 Å². The van der Waals surface area contributed by atoms with Gasteiger partial charge in [-0.25, -0.2) is 0 Å². The predicted octanol–water partition coefficient (Wildman–Crippen LogP) is 5.00. The molecule has 0 aliphatic heterocycles. The first-order chi connectivity index (χ1) is 12.5. The molecule has 0 spiro atoms. The van der Waals surface area contributed by atoms with E-state index in [1.165, 1.54) is 6.20 Å². The van der Waals surface area contributed by atoms with Gasteiger partial charge < -0.3 is 10.6 Å². The van der Waals surface area contributed by atoms with Crippen LogP contribution in [0.25, 0.3) is 0 Å². The van der Waals surface area contributed by atoms with Gasteiger partial charge >= 0.3 is 0 Å². The SMILES string of the molecule is O=C(Nc1cccc(NC(=O)c2cncc(Br)c2)c1)c1cccc(Cl)c1. The van der Waals surface area contributed by atoms with Crippen molar-refractivity contribution in [1.82, 2.24) is 4.98 Å². The number of amides is 2. The number of anilines is 2. The number of pyridine rings is 1. The van der Waals surface area contributed by atoms with Crippen LogP contribution in [0.3, 0.4) is 0 Å². The fourth-order valence-electron chi connectivity index (χ4n) is 2.25. The van der Waals surface area contributed by atoms with E-state index in [0.717, 1.165) is 0 Å². The van der Waals surface area contributed by atoms with E-state index in [0.29, 0.717) is 32.0 Å². The molecule has 2 amide bonds. The van der Waals surface area contributed by atoms with Gasteiger partial charge in [0, 0.05) is 38.8 Å². The standard InChI is InChI=1S/C19H13BrClN3O2/c20-14-7-13(10-22-11-14)19(26)24-17-6-2-5-16(9-17)23-18(25)12-3-1-4-15(21)8-12/h1-11H,(H,23,25)(H,24,26). The molecule has 0 saturated heterocycles. The van der Waals surface area contributed by atoms with Crippen LogP contribution in [0, 0.1) is 0 Å². The van der Waals surface area contributed by atoms with Gasteiger partial charge in [-0.1, -0.05) is 23.7 Å². The molecule has 0 saturated carbocycles. The number of rotatable bonds is 4. The summed E-state index contributed by atoms with van der Waals surface area (Å²) in [6, 6.07) is 15.2. The first-order valence-corrected chi connectivity index (χ1v) is 8.77. The maximum atomic E-state index is 12.3. The third-order valence-corrected chi connectivity index (χ3v) is 4.10. The Hall–Kier alpha value is -2.70. The van der Waals surface area contributed by atoms with E-state index in [1.54, 1.807) is 60.8 Å². The van der Waals surface area contributed by atoms with Crippen molar-refractivity contribution in [2.24, 2.45) is 0 Å². The Morgan fingerprint density at radius 3 is 2.15 bits per heavy atom. The number of aromatic nitrogens is 1. The zero-order valence-electron chi connectivity index (χ0n) is 13.4. The van der Waals surface area contributed by atoms with E-state index in [4.69, 9.17) is 11.6 Å². The van der Waals surface area contributed by atoms with Crippen LogP contribution < -0.4 is 10.6 Å². The molecule has 0 aliphatic carbocycles. The number of nitrogens with one attached hydrogen (secondary N) is 2. The molecule has 0 unspecified atom stereocenters. The van der Waals surface area contributed by atoms with Crippen molar-refractivity contribution < 1.29 is 9.59 Å². The number of carbonyl (C=O) groups is 2. The van der Waals surface area contributed by atoms with Crippen LogP contribution in [0.4, 0.5) is 11.4 Å². The van der Waals surface area contributed by atoms with Gasteiger partial charge in [-0.15, -0.1) is 0 Å². The zero-order chi connectivity index (χ0) is 18.5. The van der Waals surface area contributed by atoms with Crippen LogP contribution in [-0.4, -0.2) is 16.8 Å². The first kappa shape index (κ1) is 18.1. The van der Waals surface area contributed by atoms with Gasteiger partial charge in [-0.3, -0.25) is 14.6 Å². The van der Waals surface area contributed by atoms with E-state index in [9.17, 15) is 9.59 Å². The van der Waals surface area contributed by atoms with E-state index in [2.05, 4.69) is 31.5 Å². The molecule has 0 aliphatic rings. The number of hydrogen-bond donors (Lipinski definition) is 2. The second-order valence-electron chi connectivity index (χ2n) is 5.39. The van der Waals surface area contributed by atoms with Crippen LogP contribution in [0.1, 0.15) is 20.7 Å². The number of halogens is 2. The molecule has 1 aromatic heterocycles. The third kappa shape index (κ3) is 4.68. The lowest BCUT2D eigenvalue weighted by molar-refractivity contribution is 0.101. The number of hydrogen-bond acceptors (Lipinski definition) is 3. The fraction of sp³-hybridized carbons (Fsp3) is 0. The highest BCUT2D eigenvalue weighted by Crippen LogP contribution is 2.18. The average molecular weight is 431 g/mol. The minimum Gasteiger partial charge on any atom is -0.322 e. The molecule has 0 bridgehead atoms. The topological polar surface area (TPSA) is 71.1 Å². The lowest BCUT2D eigenvalue weighted by Gasteiger charge is -2.09. The molecule has 26 heavy (non-hydrogen) atoms. The molecule has 3 rings (SSSR count). The van der Waals surface area contributed by atoms with Crippen LogP contribution in [0.2, 0.25) is 5.02 Å². The quantitative estimate of drug-likeness (QED) is 0.612. The number of carbonyl (C=O) groups excluding carboxylic acids is 2. The van der Waals surface area contributed by atoms with E-state index >= 15 is 0 Å². The largest absolute Gasteiger partial charge is 0.322 e. The van der Waals surface area contributed by atoms with Gasteiger partial charge in [0.25, 0.3) is 11.8 Å². The highest BCUT2D eigenvalue weighted by atomic mass is 79.9. The zero-order valence-corrected chi connectivity index (χ0v) is 15.7. The van der Waals surface area contributed by atoms with Crippen molar-refractivity contribution in [3.8, 4) is 0 Å². The number of benzene rings is 2. The summed E-state index contributed by atoms with van der Waals surface area (Å²) in [5.74, 6) is -0.579.